The average molecular weight is 465 g/mol. The van der Waals surface area contributed by atoms with E-state index < -0.39 is 0 Å². The first-order valence-corrected chi connectivity index (χ1v) is 11.0. The molecule has 152 valence electrons. The molecule has 1 saturated carbocycles. The van der Waals surface area contributed by atoms with E-state index >= 15 is 0 Å². The van der Waals surface area contributed by atoms with Crippen LogP contribution in [0.3, 0.4) is 0 Å². The van der Waals surface area contributed by atoms with Gasteiger partial charge in [-0.2, -0.15) is 10.1 Å². The van der Waals surface area contributed by atoms with Gasteiger partial charge in [0.1, 0.15) is 12.4 Å². The second kappa shape index (κ2) is 7.84. The number of benzene rings is 2. The molecule has 2 aromatic rings. The van der Waals surface area contributed by atoms with Crippen molar-refractivity contribution in [2.24, 2.45) is 28.8 Å². The van der Waals surface area contributed by atoms with Gasteiger partial charge in [0.15, 0.2) is 0 Å². The summed E-state index contributed by atoms with van der Waals surface area (Å²) < 4.78 is 6.84. The lowest BCUT2D eigenvalue weighted by Gasteiger charge is -2.37. The molecule has 6 heteroatoms. The maximum absolute atomic E-state index is 12.8. The van der Waals surface area contributed by atoms with Crippen LogP contribution in [-0.4, -0.2) is 23.0 Å². The molecule has 5 nitrogen and oxygen atoms in total. The van der Waals surface area contributed by atoms with E-state index in [2.05, 4.69) is 33.2 Å². The third-order valence-electron chi connectivity index (χ3n) is 6.26. The number of rotatable bonds is 5. The SMILES string of the molecule is O=C1[C@@H]2[C@H](C(=O)N1/N=C\c1ccc(OCc3ccc(Br)cc3)cc1)[C@H]1C=C[C@H]2CC1. The molecule has 0 radical (unpaired) electrons. The van der Waals surface area contributed by atoms with Crippen LogP contribution in [0.25, 0.3) is 0 Å². The molecule has 2 amide bonds. The minimum atomic E-state index is -0.229. The van der Waals surface area contributed by atoms with Gasteiger partial charge in [0.05, 0.1) is 18.1 Å². The highest BCUT2D eigenvalue weighted by Crippen LogP contribution is 2.49. The molecule has 3 aliphatic carbocycles. The number of amides is 2. The summed E-state index contributed by atoms with van der Waals surface area (Å²) in [6.45, 7) is 0.483. The smallest absolute Gasteiger partial charge is 0.254 e. The Labute approximate surface area is 183 Å². The molecule has 30 heavy (non-hydrogen) atoms. The van der Waals surface area contributed by atoms with E-state index in [1.54, 1.807) is 6.21 Å². The molecular weight excluding hydrogens is 444 g/mol. The molecule has 2 bridgehead atoms. The Morgan fingerprint density at radius 1 is 0.933 bits per heavy atom. The van der Waals surface area contributed by atoms with Gasteiger partial charge in [0.25, 0.3) is 11.8 Å². The zero-order chi connectivity index (χ0) is 20.7. The fraction of sp³-hybridized carbons (Fsp3) is 0.292. The Hall–Kier alpha value is -2.73. The highest BCUT2D eigenvalue weighted by molar-refractivity contribution is 9.10. The van der Waals surface area contributed by atoms with Crippen molar-refractivity contribution in [1.82, 2.24) is 5.01 Å². The first-order valence-electron chi connectivity index (χ1n) is 10.2. The number of carbonyl (C=O) groups is 2. The highest BCUT2D eigenvalue weighted by atomic mass is 79.9. The van der Waals surface area contributed by atoms with Crippen molar-refractivity contribution in [2.75, 3.05) is 0 Å². The third kappa shape index (κ3) is 3.49. The molecule has 0 unspecified atom stereocenters. The highest BCUT2D eigenvalue weighted by Gasteiger charge is 2.56. The zero-order valence-electron chi connectivity index (χ0n) is 16.3. The number of carbonyl (C=O) groups excluding carboxylic acids is 2. The van der Waals surface area contributed by atoms with Gasteiger partial charge in [0.2, 0.25) is 0 Å². The fourth-order valence-electron chi connectivity index (χ4n) is 4.69. The van der Waals surface area contributed by atoms with E-state index in [9.17, 15) is 9.59 Å². The summed E-state index contributed by atoms with van der Waals surface area (Å²) in [5.74, 6) is 0.333. The predicted octanol–water partition coefficient (Wildman–Crippen LogP) is 4.56. The van der Waals surface area contributed by atoms with E-state index in [1.807, 2.05) is 48.5 Å². The summed E-state index contributed by atoms with van der Waals surface area (Å²) in [5, 5.41) is 5.33. The number of hydrogen-bond donors (Lipinski definition) is 0. The third-order valence-corrected chi connectivity index (χ3v) is 6.79. The maximum Gasteiger partial charge on any atom is 0.254 e. The van der Waals surface area contributed by atoms with Gasteiger partial charge in [-0.25, -0.2) is 0 Å². The number of halogens is 1. The number of hydrogen-bond acceptors (Lipinski definition) is 4. The van der Waals surface area contributed by atoms with E-state index in [0.717, 1.165) is 39.2 Å². The van der Waals surface area contributed by atoms with E-state index in [1.165, 1.54) is 0 Å². The summed E-state index contributed by atoms with van der Waals surface area (Å²) >= 11 is 3.42. The lowest BCUT2D eigenvalue weighted by molar-refractivity contribution is -0.140. The van der Waals surface area contributed by atoms with Crippen molar-refractivity contribution >= 4 is 34.0 Å². The zero-order valence-corrected chi connectivity index (χ0v) is 17.9. The van der Waals surface area contributed by atoms with Gasteiger partial charge < -0.3 is 4.74 Å². The van der Waals surface area contributed by atoms with Crippen molar-refractivity contribution in [1.29, 1.82) is 0 Å². The number of fused-ring (bicyclic) bond motifs is 1. The Bertz CT molecular complexity index is 997. The van der Waals surface area contributed by atoms with Crippen molar-refractivity contribution < 1.29 is 14.3 Å². The van der Waals surface area contributed by atoms with E-state index in [0.29, 0.717) is 6.61 Å². The van der Waals surface area contributed by atoms with Gasteiger partial charge in [-0.1, -0.05) is 40.2 Å². The normalized spacial score (nSPS) is 27.2. The van der Waals surface area contributed by atoms with E-state index in [4.69, 9.17) is 4.74 Å². The van der Waals surface area contributed by atoms with Crippen LogP contribution in [0.4, 0.5) is 0 Å². The second-order valence-corrected chi connectivity index (χ2v) is 8.97. The van der Waals surface area contributed by atoms with Gasteiger partial charge in [0, 0.05) is 4.47 Å². The van der Waals surface area contributed by atoms with Gasteiger partial charge in [-0.05, 0) is 72.2 Å². The molecule has 2 fully saturated rings. The van der Waals surface area contributed by atoms with E-state index in [-0.39, 0.29) is 35.5 Å². The molecular formula is C24H21BrN2O3. The summed E-state index contributed by atoms with van der Waals surface area (Å²) in [6, 6.07) is 15.4. The molecule has 4 atom stereocenters. The number of hydrazone groups is 1. The minimum absolute atomic E-state index is 0.158. The molecule has 1 saturated heterocycles. The molecule has 1 heterocycles. The fourth-order valence-corrected chi connectivity index (χ4v) is 4.96. The second-order valence-electron chi connectivity index (χ2n) is 8.06. The Morgan fingerprint density at radius 2 is 1.53 bits per heavy atom. The summed E-state index contributed by atoms with van der Waals surface area (Å²) in [4.78, 5) is 25.6. The lowest BCUT2D eigenvalue weighted by Crippen LogP contribution is -2.38. The van der Waals surface area contributed by atoms with Crippen LogP contribution < -0.4 is 4.74 Å². The van der Waals surface area contributed by atoms with Crippen LogP contribution in [-0.2, 0) is 16.2 Å². The van der Waals surface area contributed by atoms with Crippen molar-refractivity contribution in [3.8, 4) is 5.75 Å². The molecule has 0 N–H and O–H groups in total. The number of allylic oxidation sites excluding steroid dienone is 2. The minimum Gasteiger partial charge on any atom is -0.489 e. The topological polar surface area (TPSA) is 59.0 Å². The average Bonchev–Trinajstić information content (AvgIpc) is 3.05. The van der Waals surface area contributed by atoms with Gasteiger partial charge in [-0.3, -0.25) is 9.59 Å². The standard InChI is InChI=1S/C24H21BrN2O3/c25-19-9-1-16(2-10-19)14-30-20-11-3-15(4-12-20)13-26-27-23(28)21-17-5-6-18(8-7-17)22(21)24(27)29/h1-6,9-13,17-18,21-22H,7-8,14H2/b26-13-/t17-,18-,21-,22+/m0/s1. The molecule has 0 aromatic heterocycles. The van der Waals surface area contributed by atoms with Crippen molar-refractivity contribution in [3.63, 3.8) is 0 Å². The van der Waals surface area contributed by atoms with Crippen molar-refractivity contribution in [3.05, 3.63) is 76.3 Å². The predicted molar refractivity (Wildman–Crippen MR) is 117 cm³/mol. The largest absolute Gasteiger partial charge is 0.489 e. The quantitative estimate of drug-likeness (QED) is 0.370. The monoisotopic (exact) mass is 464 g/mol. The van der Waals surface area contributed by atoms with Crippen LogP contribution in [0, 0.1) is 23.7 Å². The molecule has 6 rings (SSSR count). The summed E-state index contributed by atoms with van der Waals surface area (Å²) in [5.41, 5.74) is 1.89. The van der Waals surface area contributed by atoms with Crippen LogP contribution in [0.1, 0.15) is 24.0 Å². The first kappa shape index (κ1) is 19.2. The lowest BCUT2D eigenvalue weighted by atomic mass is 9.63. The summed E-state index contributed by atoms with van der Waals surface area (Å²) in [7, 11) is 0. The van der Waals surface area contributed by atoms with Crippen LogP contribution in [0.5, 0.6) is 5.75 Å². The summed E-state index contributed by atoms with van der Waals surface area (Å²) in [6.07, 6.45) is 7.77. The Balaban J connectivity index is 1.23. The maximum atomic E-state index is 12.8. The van der Waals surface area contributed by atoms with Crippen LogP contribution in [0.15, 0.2) is 70.3 Å². The first-order chi connectivity index (χ1) is 14.6. The number of imide groups is 1. The molecule has 1 aliphatic heterocycles. The number of ether oxygens (including phenoxy) is 1. The van der Waals surface area contributed by atoms with Gasteiger partial charge >= 0.3 is 0 Å². The number of nitrogens with zero attached hydrogens (tertiary/aromatic N) is 2. The van der Waals surface area contributed by atoms with Crippen LogP contribution in [0.2, 0.25) is 0 Å². The van der Waals surface area contributed by atoms with Gasteiger partial charge in [-0.15, -0.1) is 0 Å². The molecule has 2 aromatic carbocycles. The Morgan fingerprint density at radius 3 is 2.10 bits per heavy atom. The van der Waals surface area contributed by atoms with Crippen LogP contribution >= 0.6 is 15.9 Å². The molecule has 4 aliphatic rings. The Kier molecular flexibility index (Phi) is 5.03. The van der Waals surface area contributed by atoms with Crippen molar-refractivity contribution in [2.45, 2.75) is 19.4 Å². The molecule has 0 spiro atoms.